The van der Waals surface area contributed by atoms with Crippen molar-refractivity contribution in [2.75, 3.05) is 76.4 Å². The maximum atomic E-state index is 6.07. The molecule has 3 heterocycles. The summed E-state index contributed by atoms with van der Waals surface area (Å²) in [7, 11) is 0. The van der Waals surface area contributed by atoms with Crippen LogP contribution >= 0.6 is 0 Å². The molecular weight excluding hydrogens is 410 g/mol. The lowest BCUT2D eigenvalue weighted by molar-refractivity contribution is 0.0317. The number of hydrogen-bond donors (Lipinski definition) is 1. The first-order chi connectivity index (χ1) is 15.7. The molecule has 32 heavy (non-hydrogen) atoms. The molecule has 172 valence electrons. The second-order valence-corrected chi connectivity index (χ2v) is 7.85. The van der Waals surface area contributed by atoms with Gasteiger partial charge in [0.05, 0.1) is 39.2 Å². The van der Waals surface area contributed by atoms with Gasteiger partial charge in [0.2, 0.25) is 5.95 Å². The third-order valence-corrected chi connectivity index (χ3v) is 5.42. The molecule has 0 atom stereocenters. The van der Waals surface area contributed by atoms with Crippen molar-refractivity contribution in [1.82, 2.24) is 19.9 Å². The van der Waals surface area contributed by atoms with E-state index in [-0.39, 0.29) is 0 Å². The number of rotatable bonds is 8. The van der Waals surface area contributed by atoms with Crippen molar-refractivity contribution in [2.24, 2.45) is 4.99 Å². The lowest BCUT2D eigenvalue weighted by Crippen LogP contribution is -2.39. The third-order valence-electron chi connectivity index (χ3n) is 5.42. The monoisotopic (exact) mass is 441 g/mol. The lowest BCUT2D eigenvalue weighted by Gasteiger charge is -2.27. The van der Waals surface area contributed by atoms with E-state index in [1.54, 1.807) is 6.21 Å². The van der Waals surface area contributed by atoms with Crippen LogP contribution in [0, 0.1) is 6.92 Å². The van der Waals surface area contributed by atoms with Gasteiger partial charge in [-0.15, -0.1) is 0 Å². The molecule has 0 bridgehead atoms. The van der Waals surface area contributed by atoms with E-state index in [1.807, 2.05) is 25.1 Å². The van der Waals surface area contributed by atoms with Crippen LogP contribution in [0.3, 0.4) is 0 Å². The number of aryl methyl sites for hydroxylation is 1. The van der Waals surface area contributed by atoms with Crippen molar-refractivity contribution in [2.45, 2.75) is 13.5 Å². The predicted octanol–water partition coefficient (Wildman–Crippen LogP) is 0.929. The van der Waals surface area contributed by atoms with Gasteiger partial charge in [-0.2, -0.15) is 15.0 Å². The maximum Gasteiger partial charge on any atom is 0.321 e. The largest absolute Gasteiger partial charge is 0.462 e. The van der Waals surface area contributed by atoms with E-state index in [2.05, 4.69) is 29.7 Å². The molecule has 2 aromatic rings. The van der Waals surface area contributed by atoms with E-state index < -0.39 is 0 Å². The van der Waals surface area contributed by atoms with Crippen molar-refractivity contribution in [3.05, 3.63) is 35.2 Å². The maximum absolute atomic E-state index is 6.07. The van der Waals surface area contributed by atoms with Crippen LogP contribution in [-0.2, 0) is 16.0 Å². The zero-order chi connectivity index (χ0) is 22.2. The minimum Gasteiger partial charge on any atom is -0.462 e. The second kappa shape index (κ2) is 11.2. The average Bonchev–Trinajstić information content (AvgIpc) is 2.82. The molecule has 4 rings (SSSR count). The van der Waals surface area contributed by atoms with Crippen molar-refractivity contribution < 1.29 is 14.2 Å². The number of nitrogens with two attached hydrogens (primary N) is 1. The summed E-state index contributed by atoms with van der Waals surface area (Å²) >= 11 is 0. The molecule has 10 nitrogen and oxygen atoms in total. The van der Waals surface area contributed by atoms with Gasteiger partial charge in [-0.3, -0.25) is 9.89 Å². The molecule has 10 heteroatoms. The van der Waals surface area contributed by atoms with Crippen LogP contribution < -0.4 is 15.4 Å². The van der Waals surface area contributed by atoms with E-state index >= 15 is 0 Å². The normalized spacial score (nSPS) is 17.7. The van der Waals surface area contributed by atoms with E-state index in [9.17, 15) is 0 Å². The van der Waals surface area contributed by atoms with E-state index in [0.717, 1.165) is 62.8 Å². The highest BCUT2D eigenvalue weighted by atomic mass is 16.5. The number of nitrogen functional groups attached to an aromatic ring is 1. The van der Waals surface area contributed by atoms with Crippen LogP contribution in [-0.4, -0.2) is 91.8 Å². The average molecular weight is 442 g/mol. The Morgan fingerprint density at radius 3 is 2.59 bits per heavy atom. The lowest BCUT2D eigenvalue weighted by atomic mass is 10.1. The SMILES string of the molecule is Cc1ccc(N)c(CN=Cc2nc(OCCN3CCOCC3)nc(N3CCOCC3)n2)c1. The fourth-order valence-electron chi connectivity index (χ4n) is 3.58. The van der Waals surface area contributed by atoms with Crippen LogP contribution in [0.4, 0.5) is 11.6 Å². The molecule has 0 amide bonds. The van der Waals surface area contributed by atoms with Crippen LogP contribution in [0.15, 0.2) is 23.2 Å². The second-order valence-electron chi connectivity index (χ2n) is 7.85. The first-order valence-electron chi connectivity index (χ1n) is 11.0. The first-order valence-corrected chi connectivity index (χ1v) is 11.0. The summed E-state index contributed by atoms with van der Waals surface area (Å²) < 4.78 is 16.7. The molecule has 0 spiro atoms. The third kappa shape index (κ3) is 6.35. The topological polar surface area (TPSA) is 111 Å². The van der Waals surface area contributed by atoms with Gasteiger partial charge in [0.1, 0.15) is 6.61 Å². The van der Waals surface area contributed by atoms with Gasteiger partial charge in [-0.05, 0) is 18.6 Å². The van der Waals surface area contributed by atoms with Gasteiger partial charge in [0.25, 0.3) is 0 Å². The van der Waals surface area contributed by atoms with Gasteiger partial charge in [0.15, 0.2) is 5.82 Å². The molecule has 0 unspecified atom stereocenters. The van der Waals surface area contributed by atoms with Crippen LogP contribution in [0.25, 0.3) is 0 Å². The van der Waals surface area contributed by atoms with E-state index in [4.69, 9.17) is 19.9 Å². The van der Waals surface area contributed by atoms with Crippen molar-refractivity contribution in [3.8, 4) is 6.01 Å². The van der Waals surface area contributed by atoms with Crippen LogP contribution in [0.2, 0.25) is 0 Å². The zero-order valence-electron chi connectivity index (χ0n) is 18.6. The Hall–Kier alpha value is -2.82. The summed E-state index contributed by atoms with van der Waals surface area (Å²) in [5, 5.41) is 0. The highest BCUT2D eigenvalue weighted by Crippen LogP contribution is 2.16. The molecule has 1 aromatic heterocycles. The molecule has 2 saturated heterocycles. The Labute approximate surface area is 188 Å². The number of morpholine rings is 2. The minimum absolute atomic E-state index is 0.311. The number of hydrogen-bond acceptors (Lipinski definition) is 10. The Morgan fingerprint density at radius 1 is 1.06 bits per heavy atom. The number of benzene rings is 1. The number of nitrogens with zero attached hydrogens (tertiary/aromatic N) is 6. The Bertz CT molecular complexity index is 912. The first kappa shape index (κ1) is 22.4. The van der Waals surface area contributed by atoms with Crippen molar-refractivity contribution >= 4 is 17.9 Å². The predicted molar refractivity (Wildman–Crippen MR) is 123 cm³/mol. The van der Waals surface area contributed by atoms with Crippen LogP contribution in [0.1, 0.15) is 17.0 Å². The summed E-state index contributed by atoms with van der Waals surface area (Å²) in [6.07, 6.45) is 1.65. The van der Waals surface area contributed by atoms with Gasteiger partial charge >= 0.3 is 6.01 Å². The van der Waals surface area contributed by atoms with Gasteiger partial charge in [-0.25, -0.2) is 0 Å². The molecule has 2 N–H and O–H groups in total. The van der Waals surface area contributed by atoms with E-state index in [1.165, 1.54) is 0 Å². The van der Waals surface area contributed by atoms with Crippen molar-refractivity contribution in [3.63, 3.8) is 0 Å². The summed E-state index contributed by atoms with van der Waals surface area (Å²) in [6.45, 7) is 9.91. The summed E-state index contributed by atoms with van der Waals surface area (Å²) in [4.78, 5) is 22.5. The standard InChI is InChI=1S/C22H31N7O3/c1-17-2-3-19(23)18(14-17)15-24-16-20-25-21(29-7-11-31-12-8-29)27-22(26-20)32-13-6-28-4-9-30-10-5-28/h2-3,14,16H,4-13,15,23H2,1H3. The fraction of sp³-hybridized carbons (Fsp3) is 0.545. The Balaban J connectivity index is 1.45. The molecule has 0 radical (unpaired) electrons. The van der Waals surface area contributed by atoms with E-state index in [0.29, 0.717) is 44.1 Å². The summed E-state index contributed by atoms with van der Waals surface area (Å²) in [5.41, 5.74) is 8.92. The molecule has 0 saturated carbocycles. The molecule has 2 fully saturated rings. The molecule has 2 aliphatic heterocycles. The van der Waals surface area contributed by atoms with Gasteiger partial charge in [0, 0.05) is 38.4 Å². The number of aliphatic imine (C=N–C) groups is 1. The smallest absolute Gasteiger partial charge is 0.321 e. The quantitative estimate of drug-likeness (QED) is 0.472. The number of aromatic nitrogens is 3. The number of ether oxygens (including phenoxy) is 3. The Kier molecular flexibility index (Phi) is 7.81. The van der Waals surface area contributed by atoms with Crippen molar-refractivity contribution in [1.29, 1.82) is 0 Å². The molecule has 1 aromatic carbocycles. The van der Waals surface area contributed by atoms with Gasteiger partial charge in [-0.1, -0.05) is 17.7 Å². The number of anilines is 2. The van der Waals surface area contributed by atoms with Crippen LogP contribution in [0.5, 0.6) is 6.01 Å². The molecule has 2 aliphatic rings. The molecule has 0 aliphatic carbocycles. The fourth-order valence-corrected chi connectivity index (χ4v) is 3.58. The molecular formula is C22H31N7O3. The summed E-state index contributed by atoms with van der Waals surface area (Å²) in [5.74, 6) is 1.05. The van der Waals surface area contributed by atoms with Gasteiger partial charge < -0.3 is 24.8 Å². The Morgan fingerprint density at radius 2 is 1.81 bits per heavy atom. The highest BCUT2D eigenvalue weighted by Gasteiger charge is 2.17. The minimum atomic E-state index is 0.311. The highest BCUT2D eigenvalue weighted by molar-refractivity contribution is 5.75. The summed E-state index contributed by atoms with van der Waals surface area (Å²) in [6, 6.07) is 6.25. The zero-order valence-corrected chi connectivity index (χ0v) is 18.6.